The van der Waals surface area contributed by atoms with Gasteiger partial charge in [-0.15, -0.1) is 0 Å². The summed E-state index contributed by atoms with van der Waals surface area (Å²) in [6.07, 6.45) is 1.09. The molecule has 120 valence electrons. The van der Waals surface area contributed by atoms with Crippen molar-refractivity contribution in [1.82, 2.24) is 5.32 Å². The maximum Gasteiger partial charge on any atom is 0.340 e. The van der Waals surface area contributed by atoms with Crippen molar-refractivity contribution in [2.24, 2.45) is 0 Å². The summed E-state index contributed by atoms with van der Waals surface area (Å²) in [5.41, 5.74) is 0.646. The molecular formula is C16H22N2O4. The SMILES string of the molecule is CCCC(=O)N[C@@H](C)C(=O)Nc1ccccc1C(=O)OCC. The van der Waals surface area contributed by atoms with Crippen LogP contribution in [0.15, 0.2) is 24.3 Å². The van der Waals surface area contributed by atoms with Gasteiger partial charge in [0.15, 0.2) is 0 Å². The molecule has 2 N–H and O–H groups in total. The Morgan fingerprint density at radius 1 is 1.18 bits per heavy atom. The van der Waals surface area contributed by atoms with Crippen molar-refractivity contribution in [3.05, 3.63) is 29.8 Å². The van der Waals surface area contributed by atoms with Gasteiger partial charge in [0.2, 0.25) is 11.8 Å². The molecule has 1 aromatic rings. The van der Waals surface area contributed by atoms with E-state index in [1.54, 1.807) is 38.1 Å². The number of benzene rings is 1. The molecule has 0 radical (unpaired) electrons. The summed E-state index contributed by atoms with van der Waals surface area (Å²) in [6.45, 7) is 5.45. The number of esters is 1. The molecule has 22 heavy (non-hydrogen) atoms. The van der Waals surface area contributed by atoms with Crippen LogP contribution in [0.4, 0.5) is 5.69 Å². The molecule has 6 heteroatoms. The van der Waals surface area contributed by atoms with Crippen LogP contribution in [-0.2, 0) is 14.3 Å². The number of amides is 2. The lowest BCUT2D eigenvalue weighted by Crippen LogP contribution is -2.41. The van der Waals surface area contributed by atoms with E-state index in [-0.39, 0.29) is 24.0 Å². The van der Waals surface area contributed by atoms with Crippen LogP contribution in [0.3, 0.4) is 0 Å². The van der Waals surface area contributed by atoms with Crippen molar-refractivity contribution in [1.29, 1.82) is 0 Å². The second-order valence-electron chi connectivity index (χ2n) is 4.79. The van der Waals surface area contributed by atoms with Crippen LogP contribution in [0.25, 0.3) is 0 Å². The highest BCUT2D eigenvalue weighted by atomic mass is 16.5. The largest absolute Gasteiger partial charge is 0.462 e. The molecular weight excluding hydrogens is 284 g/mol. The van der Waals surface area contributed by atoms with Gasteiger partial charge in [0, 0.05) is 6.42 Å². The standard InChI is InChI=1S/C16H22N2O4/c1-4-8-14(19)17-11(3)15(20)18-13-10-7-6-9-12(13)16(21)22-5-2/h6-7,9-11H,4-5,8H2,1-3H3,(H,17,19)(H,18,20)/t11-/m0/s1. The fourth-order valence-electron chi connectivity index (χ4n) is 1.83. The Labute approximate surface area is 130 Å². The van der Waals surface area contributed by atoms with Gasteiger partial charge >= 0.3 is 5.97 Å². The smallest absolute Gasteiger partial charge is 0.340 e. The van der Waals surface area contributed by atoms with E-state index in [0.717, 1.165) is 0 Å². The van der Waals surface area contributed by atoms with Gasteiger partial charge in [-0.25, -0.2) is 4.79 Å². The number of carbonyl (C=O) groups excluding carboxylic acids is 3. The third-order valence-electron chi connectivity index (χ3n) is 2.93. The number of carbonyl (C=O) groups is 3. The van der Waals surface area contributed by atoms with Gasteiger partial charge in [0.05, 0.1) is 17.9 Å². The predicted octanol–water partition coefficient (Wildman–Crippen LogP) is 2.11. The van der Waals surface area contributed by atoms with Gasteiger partial charge in [-0.3, -0.25) is 9.59 Å². The summed E-state index contributed by atoms with van der Waals surface area (Å²) in [5, 5.41) is 5.25. The van der Waals surface area contributed by atoms with Gasteiger partial charge in [0.25, 0.3) is 0 Å². The number of para-hydroxylation sites is 1. The topological polar surface area (TPSA) is 84.5 Å². The molecule has 0 aliphatic rings. The van der Waals surface area contributed by atoms with Crippen LogP contribution < -0.4 is 10.6 Å². The first kappa shape index (κ1) is 17.7. The zero-order valence-electron chi connectivity index (χ0n) is 13.1. The lowest BCUT2D eigenvalue weighted by atomic mass is 10.1. The van der Waals surface area contributed by atoms with Crippen molar-refractivity contribution < 1.29 is 19.1 Å². The van der Waals surface area contributed by atoms with Crippen LogP contribution in [0.2, 0.25) is 0 Å². The minimum absolute atomic E-state index is 0.177. The highest BCUT2D eigenvalue weighted by Crippen LogP contribution is 2.16. The van der Waals surface area contributed by atoms with Crippen molar-refractivity contribution in [2.45, 2.75) is 39.7 Å². The molecule has 1 rings (SSSR count). The zero-order valence-corrected chi connectivity index (χ0v) is 13.1. The van der Waals surface area contributed by atoms with Crippen molar-refractivity contribution in [2.75, 3.05) is 11.9 Å². The Balaban J connectivity index is 2.75. The quantitative estimate of drug-likeness (QED) is 0.756. The lowest BCUT2D eigenvalue weighted by Gasteiger charge is -2.15. The summed E-state index contributed by atoms with van der Waals surface area (Å²) in [7, 11) is 0. The molecule has 1 atom stereocenters. The first-order valence-corrected chi connectivity index (χ1v) is 7.35. The molecule has 0 bridgehead atoms. The highest BCUT2D eigenvalue weighted by Gasteiger charge is 2.18. The molecule has 0 heterocycles. The fourth-order valence-corrected chi connectivity index (χ4v) is 1.83. The van der Waals surface area contributed by atoms with Crippen molar-refractivity contribution in [3.63, 3.8) is 0 Å². The van der Waals surface area contributed by atoms with E-state index in [9.17, 15) is 14.4 Å². The number of anilines is 1. The van der Waals surface area contributed by atoms with Gasteiger partial charge in [0.1, 0.15) is 6.04 Å². The summed E-state index contributed by atoms with van der Waals surface area (Å²) >= 11 is 0. The second kappa shape index (κ2) is 8.81. The van der Waals surface area contributed by atoms with Gasteiger partial charge in [-0.05, 0) is 32.4 Å². The van der Waals surface area contributed by atoms with Crippen molar-refractivity contribution in [3.8, 4) is 0 Å². The normalized spacial score (nSPS) is 11.4. The molecule has 0 aromatic heterocycles. The summed E-state index contributed by atoms with van der Waals surface area (Å²) in [4.78, 5) is 35.4. The molecule has 0 aliphatic carbocycles. The number of nitrogens with one attached hydrogen (secondary N) is 2. The molecule has 0 unspecified atom stereocenters. The molecule has 0 spiro atoms. The monoisotopic (exact) mass is 306 g/mol. The predicted molar refractivity (Wildman–Crippen MR) is 83.5 cm³/mol. The van der Waals surface area contributed by atoms with Crippen LogP contribution in [0.1, 0.15) is 44.0 Å². The van der Waals surface area contributed by atoms with E-state index in [2.05, 4.69) is 10.6 Å². The first-order chi connectivity index (χ1) is 10.5. The second-order valence-corrected chi connectivity index (χ2v) is 4.79. The molecule has 2 amide bonds. The van der Waals surface area contributed by atoms with Crippen LogP contribution in [0.5, 0.6) is 0 Å². The van der Waals surface area contributed by atoms with E-state index in [0.29, 0.717) is 18.5 Å². The zero-order chi connectivity index (χ0) is 16.5. The average molecular weight is 306 g/mol. The van der Waals surface area contributed by atoms with Gasteiger partial charge < -0.3 is 15.4 Å². The van der Waals surface area contributed by atoms with Crippen molar-refractivity contribution >= 4 is 23.5 Å². The van der Waals surface area contributed by atoms with E-state index in [1.165, 1.54) is 0 Å². The van der Waals surface area contributed by atoms with E-state index in [1.807, 2.05) is 6.92 Å². The fraction of sp³-hybridized carbons (Fsp3) is 0.438. The number of rotatable bonds is 7. The van der Waals surface area contributed by atoms with E-state index in [4.69, 9.17) is 4.74 Å². The third kappa shape index (κ3) is 5.20. The number of hydrogen-bond acceptors (Lipinski definition) is 4. The highest BCUT2D eigenvalue weighted by molar-refractivity contribution is 6.03. The van der Waals surface area contributed by atoms with E-state index < -0.39 is 12.0 Å². The molecule has 0 saturated carbocycles. The van der Waals surface area contributed by atoms with Crippen LogP contribution in [0, 0.1) is 0 Å². The van der Waals surface area contributed by atoms with Gasteiger partial charge in [-0.2, -0.15) is 0 Å². The number of hydrogen-bond donors (Lipinski definition) is 2. The number of ether oxygens (including phenoxy) is 1. The minimum Gasteiger partial charge on any atom is -0.462 e. The molecule has 1 aromatic carbocycles. The minimum atomic E-state index is -0.686. The Morgan fingerprint density at radius 3 is 2.50 bits per heavy atom. The lowest BCUT2D eigenvalue weighted by molar-refractivity contribution is -0.126. The maximum absolute atomic E-state index is 12.1. The van der Waals surface area contributed by atoms with Crippen LogP contribution in [-0.4, -0.2) is 30.4 Å². The Morgan fingerprint density at radius 2 is 1.86 bits per heavy atom. The summed E-state index contributed by atoms with van der Waals surface area (Å²) < 4.78 is 4.95. The molecule has 6 nitrogen and oxygen atoms in total. The molecule has 0 aliphatic heterocycles. The Kier molecular flexibility index (Phi) is 7.08. The van der Waals surface area contributed by atoms with Gasteiger partial charge in [-0.1, -0.05) is 19.1 Å². The van der Waals surface area contributed by atoms with E-state index >= 15 is 0 Å². The maximum atomic E-state index is 12.1. The Hall–Kier alpha value is -2.37. The third-order valence-corrected chi connectivity index (χ3v) is 2.93. The average Bonchev–Trinajstić information content (AvgIpc) is 2.48. The summed E-state index contributed by atoms with van der Waals surface area (Å²) in [6, 6.07) is 5.90. The molecule has 0 saturated heterocycles. The summed E-state index contributed by atoms with van der Waals surface area (Å²) in [5.74, 6) is -1.06. The molecule has 0 fully saturated rings. The first-order valence-electron chi connectivity index (χ1n) is 7.35. The van der Waals surface area contributed by atoms with Crippen LogP contribution >= 0.6 is 0 Å². The Bertz CT molecular complexity index is 543.